The van der Waals surface area contributed by atoms with Crippen molar-refractivity contribution >= 4 is 48.3 Å². The number of hydrogen-bond donors (Lipinski definition) is 2. The van der Waals surface area contributed by atoms with Crippen LogP contribution in [-0.4, -0.2) is 21.1 Å². The minimum Gasteiger partial charge on any atom is -0.335 e. The maximum atomic E-state index is 5.73. The largest absolute Gasteiger partial charge is 0.335 e. The van der Waals surface area contributed by atoms with Crippen molar-refractivity contribution in [1.82, 2.24) is 14.9 Å². The fourth-order valence-corrected chi connectivity index (χ4v) is 1.74. The lowest BCUT2D eigenvalue weighted by molar-refractivity contribution is 0.855. The second kappa shape index (κ2) is 7.91. The lowest BCUT2D eigenvalue weighted by Gasteiger charge is -1.99. The number of rotatable bonds is 4. The second-order valence-electron chi connectivity index (χ2n) is 3.05. The van der Waals surface area contributed by atoms with Gasteiger partial charge in [-0.2, -0.15) is 5.10 Å². The van der Waals surface area contributed by atoms with Gasteiger partial charge in [-0.05, 0) is 11.4 Å². The van der Waals surface area contributed by atoms with Gasteiger partial charge in [-0.15, -0.1) is 46.3 Å². The van der Waals surface area contributed by atoms with Gasteiger partial charge in [-0.1, -0.05) is 13.0 Å². The van der Waals surface area contributed by atoms with Crippen LogP contribution in [0.2, 0.25) is 0 Å². The molecular formula is C9H14Cl2N6S. The molecule has 18 heavy (non-hydrogen) atoms. The van der Waals surface area contributed by atoms with E-state index >= 15 is 0 Å². The zero-order valence-electron chi connectivity index (χ0n) is 9.61. The fourth-order valence-electron chi connectivity index (χ4n) is 1.16. The molecule has 0 atom stereocenters. The first-order valence-corrected chi connectivity index (χ1v) is 5.71. The predicted octanol–water partition coefficient (Wildman–Crippen LogP) is 1.91. The van der Waals surface area contributed by atoms with Gasteiger partial charge in [-0.3, -0.25) is 0 Å². The number of hydrogen-bond acceptors (Lipinski definition) is 6. The van der Waals surface area contributed by atoms with Gasteiger partial charge in [0.05, 0.1) is 6.21 Å². The number of hydrazone groups is 1. The van der Waals surface area contributed by atoms with Crippen LogP contribution in [0, 0.1) is 0 Å². The van der Waals surface area contributed by atoms with E-state index in [0.717, 1.165) is 11.3 Å². The molecule has 0 saturated heterocycles. The molecule has 0 saturated carbocycles. The van der Waals surface area contributed by atoms with Crippen LogP contribution in [0.25, 0.3) is 0 Å². The number of aromatic nitrogens is 3. The molecule has 3 N–H and O–H groups in total. The van der Waals surface area contributed by atoms with Crippen LogP contribution in [0.3, 0.4) is 0 Å². The number of halogens is 2. The SMILES string of the molecule is CCc1nnc(N/N=C/c2cccs2)n1N.Cl.Cl. The van der Waals surface area contributed by atoms with E-state index in [1.807, 2.05) is 24.4 Å². The molecule has 0 unspecified atom stereocenters. The molecule has 0 amide bonds. The average molecular weight is 309 g/mol. The molecule has 2 heterocycles. The van der Waals surface area contributed by atoms with Crippen molar-refractivity contribution in [2.45, 2.75) is 13.3 Å². The monoisotopic (exact) mass is 308 g/mol. The highest BCUT2D eigenvalue weighted by molar-refractivity contribution is 7.11. The molecule has 9 heteroatoms. The average Bonchev–Trinajstić information content (AvgIpc) is 2.90. The van der Waals surface area contributed by atoms with Gasteiger partial charge < -0.3 is 5.84 Å². The Hall–Kier alpha value is -1.31. The summed E-state index contributed by atoms with van der Waals surface area (Å²) in [6.07, 6.45) is 2.45. The molecule has 0 spiro atoms. The molecule has 0 bridgehead atoms. The number of nitrogen functional groups attached to an aromatic ring is 1. The Morgan fingerprint density at radius 3 is 2.83 bits per heavy atom. The number of nitrogens with one attached hydrogen (secondary N) is 1. The number of nitrogens with two attached hydrogens (primary N) is 1. The number of thiophene rings is 1. The maximum absolute atomic E-state index is 5.73. The van der Waals surface area contributed by atoms with Gasteiger partial charge in [0.15, 0.2) is 5.82 Å². The summed E-state index contributed by atoms with van der Waals surface area (Å²) in [5.74, 6) is 6.88. The van der Waals surface area contributed by atoms with E-state index in [9.17, 15) is 0 Å². The van der Waals surface area contributed by atoms with Gasteiger partial charge >= 0.3 is 0 Å². The van der Waals surface area contributed by atoms with Crippen LogP contribution in [0.15, 0.2) is 22.6 Å². The molecule has 2 rings (SSSR count). The molecule has 100 valence electrons. The van der Waals surface area contributed by atoms with Gasteiger partial charge in [0.2, 0.25) is 0 Å². The molecule has 0 aliphatic carbocycles. The molecule has 6 nitrogen and oxygen atoms in total. The Kier molecular flexibility index (Phi) is 7.33. The van der Waals surface area contributed by atoms with Crippen LogP contribution >= 0.6 is 36.2 Å². The van der Waals surface area contributed by atoms with Crippen molar-refractivity contribution in [2.75, 3.05) is 11.3 Å². The highest BCUT2D eigenvalue weighted by Crippen LogP contribution is 2.06. The van der Waals surface area contributed by atoms with E-state index in [1.54, 1.807) is 17.6 Å². The predicted molar refractivity (Wildman–Crippen MR) is 79.6 cm³/mol. The van der Waals surface area contributed by atoms with Crippen LogP contribution in [-0.2, 0) is 6.42 Å². The van der Waals surface area contributed by atoms with E-state index in [0.29, 0.717) is 11.8 Å². The van der Waals surface area contributed by atoms with Crippen molar-refractivity contribution in [1.29, 1.82) is 0 Å². The number of anilines is 1. The molecule has 0 aliphatic rings. The van der Waals surface area contributed by atoms with Crippen molar-refractivity contribution in [3.63, 3.8) is 0 Å². The number of aryl methyl sites for hydroxylation is 1. The summed E-state index contributed by atoms with van der Waals surface area (Å²) >= 11 is 1.61. The fraction of sp³-hybridized carbons (Fsp3) is 0.222. The van der Waals surface area contributed by atoms with Crippen molar-refractivity contribution in [3.05, 3.63) is 28.2 Å². The van der Waals surface area contributed by atoms with E-state index in [-0.39, 0.29) is 24.8 Å². The van der Waals surface area contributed by atoms with Crippen molar-refractivity contribution < 1.29 is 0 Å². The number of nitrogens with zero attached hydrogens (tertiary/aromatic N) is 4. The topological polar surface area (TPSA) is 81.1 Å². The normalized spacial score (nSPS) is 9.83. The molecule has 0 aliphatic heterocycles. The zero-order valence-corrected chi connectivity index (χ0v) is 12.1. The minimum absolute atomic E-state index is 0. The molecule has 2 aromatic heterocycles. The van der Waals surface area contributed by atoms with Crippen LogP contribution in [0.4, 0.5) is 5.95 Å². The highest BCUT2D eigenvalue weighted by Gasteiger charge is 2.05. The van der Waals surface area contributed by atoms with Crippen molar-refractivity contribution in [2.24, 2.45) is 5.10 Å². The standard InChI is InChI=1S/C9H12N6S.2ClH/c1-2-8-12-14-9(15(8)10)13-11-6-7-4-3-5-16-7;;/h3-6H,2,10H2,1H3,(H,13,14);2*1H/b11-6+;;. The maximum Gasteiger partial charge on any atom is 0.263 e. The first-order chi connectivity index (χ1) is 7.81. The quantitative estimate of drug-likeness (QED) is 0.513. The first kappa shape index (κ1) is 16.7. The van der Waals surface area contributed by atoms with Crippen LogP contribution in [0.1, 0.15) is 17.6 Å². The third-order valence-corrected chi connectivity index (χ3v) is 2.79. The Morgan fingerprint density at radius 2 is 2.28 bits per heavy atom. The van der Waals surface area contributed by atoms with Crippen LogP contribution in [0.5, 0.6) is 0 Å². The third kappa shape index (κ3) is 3.86. The Balaban J connectivity index is 0.00000144. The van der Waals surface area contributed by atoms with E-state index in [2.05, 4.69) is 20.7 Å². The summed E-state index contributed by atoms with van der Waals surface area (Å²) in [7, 11) is 0. The molecule has 0 fully saturated rings. The molecule has 2 aromatic rings. The van der Waals surface area contributed by atoms with Crippen molar-refractivity contribution in [3.8, 4) is 0 Å². The smallest absolute Gasteiger partial charge is 0.263 e. The van der Waals surface area contributed by atoms with Gasteiger partial charge in [0.25, 0.3) is 5.95 Å². The molecular weight excluding hydrogens is 295 g/mol. The third-order valence-electron chi connectivity index (χ3n) is 1.98. The lowest BCUT2D eigenvalue weighted by Crippen LogP contribution is -2.14. The summed E-state index contributed by atoms with van der Waals surface area (Å²) in [5.41, 5.74) is 2.75. The van der Waals surface area contributed by atoms with Gasteiger partial charge in [0, 0.05) is 11.3 Å². The van der Waals surface area contributed by atoms with E-state index < -0.39 is 0 Å². The summed E-state index contributed by atoms with van der Waals surface area (Å²) in [6.45, 7) is 1.96. The zero-order chi connectivity index (χ0) is 11.4. The molecule has 0 radical (unpaired) electrons. The van der Waals surface area contributed by atoms with E-state index in [4.69, 9.17) is 5.84 Å². The Labute approximate surface area is 121 Å². The summed E-state index contributed by atoms with van der Waals surface area (Å²) in [4.78, 5) is 1.06. The lowest BCUT2D eigenvalue weighted by atomic mass is 10.5. The van der Waals surface area contributed by atoms with Gasteiger partial charge in [-0.25, -0.2) is 10.1 Å². The van der Waals surface area contributed by atoms with E-state index in [1.165, 1.54) is 4.68 Å². The molecule has 0 aromatic carbocycles. The second-order valence-corrected chi connectivity index (χ2v) is 4.03. The first-order valence-electron chi connectivity index (χ1n) is 4.83. The Morgan fingerprint density at radius 1 is 1.50 bits per heavy atom. The summed E-state index contributed by atoms with van der Waals surface area (Å²) in [6, 6.07) is 3.94. The summed E-state index contributed by atoms with van der Waals surface area (Å²) < 4.78 is 1.39. The Bertz CT molecular complexity index is 481. The highest BCUT2D eigenvalue weighted by atomic mass is 35.5. The van der Waals surface area contributed by atoms with Gasteiger partial charge in [0.1, 0.15) is 0 Å². The van der Waals surface area contributed by atoms with Crippen LogP contribution < -0.4 is 11.3 Å². The minimum atomic E-state index is 0. The summed E-state index contributed by atoms with van der Waals surface area (Å²) in [5, 5.41) is 13.8.